The Kier molecular flexibility index (Phi) is 5.26. The number of ether oxygens (including phenoxy) is 1. The Labute approximate surface area is 125 Å². The van der Waals surface area contributed by atoms with Crippen LogP contribution in [0.15, 0.2) is 24.3 Å². The Morgan fingerprint density at radius 2 is 2.15 bits per heavy atom. The molecule has 110 valence electrons. The predicted octanol–water partition coefficient (Wildman–Crippen LogP) is 1.84. The molecule has 0 bridgehead atoms. The van der Waals surface area contributed by atoms with Crippen LogP contribution in [-0.2, 0) is 4.79 Å². The maximum absolute atomic E-state index is 12.4. The van der Waals surface area contributed by atoms with E-state index in [-0.39, 0.29) is 30.3 Å². The lowest BCUT2D eigenvalue weighted by molar-refractivity contribution is -0.124. The van der Waals surface area contributed by atoms with Crippen molar-refractivity contribution < 1.29 is 9.53 Å². The van der Waals surface area contributed by atoms with E-state index < -0.39 is 0 Å². The van der Waals surface area contributed by atoms with Gasteiger partial charge in [0.25, 0.3) is 0 Å². The summed E-state index contributed by atoms with van der Waals surface area (Å²) in [5, 5.41) is 6.50. The van der Waals surface area contributed by atoms with Gasteiger partial charge in [0.1, 0.15) is 5.75 Å². The minimum absolute atomic E-state index is 0. The van der Waals surface area contributed by atoms with Crippen molar-refractivity contribution in [3.05, 3.63) is 29.8 Å². The third-order valence-electron chi connectivity index (χ3n) is 3.92. The van der Waals surface area contributed by atoms with Crippen molar-refractivity contribution in [2.24, 2.45) is 0 Å². The van der Waals surface area contributed by atoms with E-state index in [0.717, 1.165) is 43.7 Å². The fraction of sp³-hybridized carbons (Fsp3) is 0.533. The van der Waals surface area contributed by atoms with Gasteiger partial charge in [0.2, 0.25) is 5.91 Å². The smallest absolute Gasteiger partial charge is 0.228 e. The van der Waals surface area contributed by atoms with Gasteiger partial charge in [-0.1, -0.05) is 18.2 Å². The number of carbonyl (C=O) groups is 1. The van der Waals surface area contributed by atoms with Crippen LogP contribution in [0.5, 0.6) is 5.75 Å². The number of benzene rings is 1. The average Bonchev–Trinajstić information content (AvgIpc) is 2.47. The molecule has 20 heavy (non-hydrogen) atoms. The van der Waals surface area contributed by atoms with E-state index in [2.05, 4.69) is 10.6 Å². The number of hydrogen-bond acceptors (Lipinski definition) is 3. The number of fused-ring (bicyclic) bond motifs is 1. The topological polar surface area (TPSA) is 50.4 Å². The number of hydrogen-bond donors (Lipinski definition) is 2. The Balaban J connectivity index is 0.00000147. The molecule has 2 aliphatic heterocycles. The number of amides is 1. The summed E-state index contributed by atoms with van der Waals surface area (Å²) < 4.78 is 5.60. The SMILES string of the molecule is Cl.O=C(N[C@H]1CCCNC1)C1CCOc2ccccc21. The third kappa shape index (κ3) is 3.25. The molecule has 5 heteroatoms. The Hall–Kier alpha value is -1.26. The molecule has 3 rings (SSSR count). The van der Waals surface area contributed by atoms with Crippen molar-refractivity contribution in [1.29, 1.82) is 0 Å². The van der Waals surface area contributed by atoms with Crippen molar-refractivity contribution in [3.8, 4) is 5.75 Å². The van der Waals surface area contributed by atoms with E-state index in [0.29, 0.717) is 6.61 Å². The summed E-state index contributed by atoms with van der Waals surface area (Å²) in [7, 11) is 0. The van der Waals surface area contributed by atoms with Gasteiger partial charge in [-0.2, -0.15) is 0 Å². The number of carbonyl (C=O) groups excluding carboxylic acids is 1. The van der Waals surface area contributed by atoms with Gasteiger partial charge in [-0.25, -0.2) is 0 Å². The van der Waals surface area contributed by atoms with E-state index in [1.807, 2.05) is 24.3 Å². The molecule has 0 saturated carbocycles. The Morgan fingerprint density at radius 1 is 1.30 bits per heavy atom. The van der Waals surface area contributed by atoms with Gasteiger partial charge in [0, 0.05) is 18.2 Å². The molecule has 0 spiro atoms. The lowest BCUT2D eigenvalue weighted by atomic mass is 9.92. The van der Waals surface area contributed by atoms with Gasteiger partial charge >= 0.3 is 0 Å². The highest BCUT2D eigenvalue weighted by atomic mass is 35.5. The van der Waals surface area contributed by atoms with Crippen molar-refractivity contribution in [3.63, 3.8) is 0 Å². The molecule has 2 N–H and O–H groups in total. The first-order valence-electron chi connectivity index (χ1n) is 7.07. The van der Waals surface area contributed by atoms with Crippen molar-refractivity contribution in [1.82, 2.24) is 10.6 Å². The zero-order chi connectivity index (χ0) is 13.1. The van der Waals surface area contributed by atoms with Crippen LogP contribution in [0.4, 0.5) is 0 Å². The number of nitrogens with one attached hydrogen (secondary N) is 2. The predicted molar refractivity (Wildman–Crippen MR) is 80.6 cm³/mol. The molecule has 1 aromatic rings. The zero-order valence-corrected chi connectivity index (χ0v) is 12.2. The minimum Gasteiger partial charge on any atom is -0.493 e. The molecule has 1 amide bonds. The van der Waals surface area contributed by atoms with Crippen LogP contribution < -0.4 is 15.4 Å². The zero-order valence-electron chi connectivity index (χ0n) is 11.4. The van der Waals surface area contributed by atoms with Gasteiger partial charge in [-0.3, -0.25) is 4.79 Å². The van der Waals surface area contributed by atoms with Crippen LogP contribution in [0, 0.1) is 0 Å². The maximum Gasteiger partial charge on any atom is 0.228 e. The maximum atomic E-state index is 12.4. The minimum atomic E-state index is -0.0631. The Bertz CT molecular complexity index is 461. The van der Waals surface area contributed by atoms with Crippen LogP contribution in [0.1, 0.15) is 30.7 Å². The lowest BCUT2D eigenvalue weighted by Crippen LogP contribution is -2.47. The lowest BCUT2D eigenvalue weighted by Gasteiger charge is -2.29. The molecule has 4 nitrogen and oxygen atoms in total. The third-order valence-corrected chi connectivity index (χ3v) is 3.92. The summed E-state index contributed by atoms with van der Waals surface area (Å²) in [6.45, 7) is 2.57. The second kappa shape index (κ2) is 6.95. The first-order valence-corrected chi connectivity index (χ1v) is 7.07. The second-order valence-electron chi connectivity index (χ2n) is 5.28. The van der Waals surface area contributed by atoms with Crippen molar-refractivity contribution in [2.45, 2.75) is 31.2 Å². The van der Waals surface area contributed by atoms with E-state index in [1.54, 1.807) is 0 Å². The normalized spacial score (nSPS) is 24.8. The van der Waals surface area contributed by atoms with Crippen molar-refractivity contribution in [2.75, 3.05) is 19.7 Å². The van der Waals surface area contributed by atoms with Crippen molar-refractivity contribution >= 4 is 18.3 Å². The Morgan fingerprint density at radius 3 is 2.95 bits per heavy atom. The number of halogens is 1. The fourth-order valence-electron chi connectivity index (χ4n) is 2.89. The summed E-state index contributed by atoms with van der Waals surface area (Å²) in [5.41, 5.74) is 1.02. The highest BCUT2D eigenvalue weighted by Gasteiger charge is 2.28. The second-order valence-corrected chi connectivity index (χ2v) is 5.28. The molecule has 2 atom stereocenters. The van der Waals surface area contributed by atoms with Crippen LogP contribution in [0.3, 0.4) is 0 Å². The van der Waals surface area contributed by atoms with Crippen LogP contribution in [0.25, 0.3) is 0 Å². The highest BCUT2D eigenvalue weighted by Crippen LogP contribution is 2.33. The van der Waals surface area contributed by atoms with Crippen LogP contribution in [0.2, 0.25) is 0 Å². The summed E-state index contributed by atoms with van der Waals surface area (Å²) in [6, 6.07) is 8.13. The molecule has 1 unspecified atom stereocenters. The molecule has 1 aromatic carbocycles. The molecule has 0 radical (unpaired) electrons. The van der Waals surface area contributed by atoms with Gasteiger partial charge in [0.05, 0.1) is 12.5 Å². The van der Waals surface area contributed by atoms with E-state index >= 15 is 0 Å². The molecular formula is C15H21ClN2O2. The molecule has 2 aliphatic rings. The van der Waals surface area contributed by atoms with E-state index in [1.165, 1.54) is 0 Å². The summed E-state index contributed by atoms with van der Waals surface area (Å²) in [5.74, 6) is 0.937. The number of rotatable bonds is 2. The molecule has 0 aromatic heterocycles. The standard InChI is InChI=1S/C15H20N2O2.ClH/c18-15(17-11-4-3-8-16-10-11)13-7-9-19-14-6-2-1-5-12(13)14;/h1-2,5-6,11,13,16H,3-4,7-10H2,(H,17,18);1H/t11-,13?;/m0./s1. The van der Waals surface area contributed by atoms with Gasteiger partial charge in [-0.15, -0.1) is 12.4 Å². The first-order chi connectivity index (χ1) is 9.34. The summed E-state index contributed by atoms with van der Waals surface area (Å²) in [6.07, 6.45) is 2.97. The van der Waals surface area contributed by atoms with E-state index in [9.17, 15) is 4.79 Å². The number of piperidine rings is 1. The average molecular weight is 297 g/mol. The molecule has 1 fully saturated rings. The molecule has 1 saturated heterocycles. The molecule has 0 aliphatic carbocycles. The van der Waals surface area contributed by atoms with Crippen LogP contribution in [-0.4, -0.2) is 31.6 Å². The largest absolute Gasteiger partial charge is 0.493 e. The first kappa shape index (κ1) is 15.1. The van der Waals surface area contributed by atoms with Gasteiger partial charge in [0.15, 0.2) is 0 Å². The fourth-order valence-corrected chi connectivity index (χ4v) is 2.89. The molecule has 2 heterocycles. The van der Waals surface area contributed by atoms with Gasteiger partial charge < -0.3 is 15.4 Å². The highest BCUT2D eigenvalue weighted by molar-refractivity contribution is 5.85. The number of para-hydroxylation sites is 1. The summed E-state index contributed by atoms with van der Waals surface area (Å²) in [4.78, 5) is 12.4. The monoisotopic (exact) mass is 296 g/mol. The van der Waals surface area contributed by atoms with E-state index in [4.69, 9.17) is 4.74 Å². The molecular weight excluding hydrogens is 276 g/mol. The summed E-state index contributed by atoms with van der Waals surface area (Å²) >= 11 is 0. The van der Waals surface area contributed by atoms with Gasteiger partial charge in [-0.05, 0) is 31.9 Å². The van der Waals surface area contributed by atoms with Crippen LogP contribution >= 0.6 is 12.4 Å². The quantitative estimate of drug-likeness (QED) is 0.876.